The molecule has 2 amide bonds. The average Bonchev–Trinajstić information content (AvgIpc) is 2.84. The van der Waals surface area contributed by atoms with Crippen molar-refractivity contribution in [3.63, 3.8) is 0 Å². The van der Waals surface area contributed by atoms with Crippen LogP contribution in [-0.4, -0.2) is 29.4 Å². The first-order valence-electron chi connectivity index (χ1n) is 9.39. The summed E-state index contributed by atoms with van der Waals surface area (Å²) >= 11 is 0. The van der Waals surface area contributed by atoms with E-state index in [1.165, 1.54) is 5.56 Å². The highest BCUT2D eigenvalue weighted by atomic mass is 16.2. The average molecular weight is 341 g/mol. The summed E-state index contributed by atoms with van der Waals surface area (Å²) in [5.74, 6) is 0.308. The highest BCUT2D eigenvalue weighted by Crippen LogP contribution is 2.47. The quantitative estimate of drug-likeness (QED) is 0.774. The first kappa shape index (κ1) is 16.6. The maximum absolute atomic E-state index is 12.7. The Bertz CT molecular complexity index is 705. The van der Waals surface area contributed by atoms with Crippen LogP contribution in [0.15, 0.2) is 24.3 Å². The van der Waals surface area contributed by atoms with Crippen molar-refractivity contribution in [1.82, 2.24) is 10.6 Å². The summed E-state index contributed by atoms with van der Waals surface area (Å²) < 4.78 is 0. The van der Waals surface area contributed by atoms with Gasteiger partial charge in [0.15, 0.2) is 0 Å². The summed E-state index contributed by atoms with van der Waals surface area (Å²) in [7, 11) is 0. The minimum absolute atomic E-state index is 0.143. The van der Waals surface area contributed by atoms with Gasteiger partial charge in [-0.2, -0.15) is 0 Å². The van der Waals surface area contributed by atoms with Crippen molar-refractivity contribution in [3.05, 3.63) is 29.8 Å². The fourth-order valence-corrected chi connectivity index (χ4v) is 4.87. The monoisotopic (exact) mass is 341 g/mol. The molecule has 3 N–H and O–H groups in total. The van der Waals surface area contributed by atoms with Gasteiger partial charge in [-0.1, -0.05) is 18.2 Å². The number of benzene rings is 1. The summed E-state index contributed by atoms with van der Waals surface area (Å²) in [6.45, 7) is 4.18. The predicted octanol–water partition coefficient (Wildman–Crippen LogP) is 2.47. The zero-order valence-electron chi connectivity index (χ0n) is 15.0. The Labute approximate surface area is 148 Å². The normalized spacial score (nSPS) is 33.7. The second-order valence-corrected chi connectivity index (χ2v) is 8.38. The fraction of sp³-hybridized carbons (Fsp3) is 0.600. The van der Waals surface area contributed by atoms with Gasteiger partial charge in [-0.15, -0.1) is 0 Å². The number of hydrogen-bond donors (Lipinski definition) is 3. The summed E-state index contributed by atoms with van der Waals surface area (Å²) in [5, 5.41) is 9.93. The molecule has 2 aliphatic heterocycles. The van der Waals surface area contributed by atoms with E-state index in [4.69, 9.17) is 0 Å². The van der Waals surface area contributed by atoms with Crippen LogP contribution in [0, 0.1) is 0 Å². The minimum Gasteiger partial charge on any atom is -0.350 e. The topological polar surface area (TPSA) is 70.2 Å². The van der Waals surface area contributed by atoms with Crippen LogP contribution in [0.5, 0.6) is 0 Å². The van der Waals surface area contributed by atoms with Crippen molar-refractivity contribution in [3.8, 4) is 0 Å². The lowest BCUT2D eigenvalue weighted by atomic mass is 9.68. The molecule has 1 saturated carbocycles. The molecule has 1 unspecified atom stereocenters. The molecule has 1 saturated heterocycles. The van der Waals surface area contributed by atoms with E-state index in [2.05, 4.69) is 35.9 Å². The molecular weight excluding hydrogens is 314 g/mol. The van der Waals surface area contributed by atoms with Gasteiger partial charge in [0, 0.05) is 29.7 Å². The molecule has 25 heavy (non-hydrogen) atoms. The molecule has 1 aliphatic carbocycles. The van der Waals surface area contributed by atoms with E-state index < -0.39 is 0 Å². The summed E-state index contributed by atoms with van der Waals surface area (Å²) in [4.78, 5) is 24.3. The van der Waals surface area contributed by atoms with Gasteiger partial charge < -0.3 is 16.0 Å². The Morgan fingerprint density at radius 2 is 1.80 bits per heavy atom. The molecule has 0 aromatic heterocycles. The molecule has 1 spiro atoms. The Morgan fingerprint density at radius 3 is 2.52 bits per heavy atom. The molecule has 5 heteroatoms. The molecule has 1 aromatic carbocycles. The second kappa shape index (κ2) is 5.84. The molecule has 4 rings (SSSR count). The zero-order chi connectivity index (χ0) is 17.7. The van der Waals surface area contributed by atoms with Crippen molar-refractivity contribution in [2.75, 3.05) is 5.32 Å². The number of rotatable bonds is 2. The van der Waals surface area contributed by atoms with Gasteiger partial charge in [-0.25, -0.2) is 0 Å². The molecule has 0 bridgehead atoms. The Hall–Kier alpha value is -1.88. The van der Waals surface area contributed by atoms with Crippen molar-refractivity contribution < 1.29 is 9.59 Å². The van der Waals surface area contributed by atoms with Crippen LogP contribution in [0.2, 0.25) is 0 Å². The third-order valence-corrected chi connectivity index (χ3v) is 6.39. The van der Waals surface area contributed by atoms with Crippen LogP contribution in [-0.2, 0) is 15.0 Å². The molecule has 1 atom stereocenters. The van der Waals surface area contributed by atoms with Gasteiger partial charge in [-0.05, 0) is 57.6 Å². The van der Waals surface area contributed by atoms with E-state index >= 15 is 0 Å². The number of carbonyl (C=O) groups is 2. The van der Waals surface area contributed by atoms with Crippen LogP contribution >= 0.6 is 0 Å². The molecule has 0 radical (unpaired) electrons. The van der Waals surface area contributed by atoms with Crippen LogP contribution in [0.4, 0.5) is 5.69 Å². The van der Waals surface area contributed by atoms with Crippen molar-refractivity contribution >= 4 is 17.5 Å². The van der Waals surface area contributed by atoms with Crippen molar-refractivity contribution in [1.29, 1.82) is 0 Å². The number of carbonyl (C=O) groups excluding carboxylic acids is 2. The number of piperidine rings is 1. The number of anilines is 1. The summed E-state index contributed by atoms with van der Waals surface area (Å²) in [5.41, 5.74) is 1.59. The standard InChI is InChI=1S/C20H27N3O2/c1-19(2)16(7-8-17(24)23-19)21-13-9-11-20(12-10-13)14-5-3-4-6-15(14)22-18(20)25/h3-6,13,16,21H,7-12H2,1-2H3,(H,22,25)(H,23,24). The van der Waals surface area contributed by atoms with Gasteiger partial charge in [0.05, 0.1) is 5.41 Å². The summed E-state index contributed by atoms with van der Waals surface area (Å²) in [6.07, 6.45) is 5.21. The maximum Gasteiger partial charge on any atom is 0.235 e. The van der Waals surface area contributed by atoms with E-state index in [0.717, 1.165) is 37.8 Å². The van der Waals surface area contributed by atoms with Gasteiger partial charge >= 0.3 is 0 Å². The number of fused-ring (bicyclic) bond motifs is 2. The van der Waals surface area contributed by atoms with E-state index in [1.54, 1.807) is 0 Å². The SMILES string of the molecule is CC1(C)NC(=O)CCC1NC1CCC2(CC1)C(=O)Nc1ccccc12. The van der Waals surface area contributed by atoms with Crippen molar-refractivity contribution in [2.24, 2.45) is 0 Å². The lowest BCUT2D eigenvalue weighted by Crippen LogP contribution is -2.63. The molecule has 5 nitrogen and oxygen atoms in total. The summed E-state index contributed by atoms with van der Waals surface area (Å²) in [6, 6.07) is 8.79. The third kappa shape index (κ3) is 2.74. The molecule has 3 aliphatic rings. The first-order valence-corrected chi connectivity index (χ1v) is 9.39. The Balaban J connectivity index is 1.44. The number of hydrogen-bond acceptors (Lipinski definition) is 3. The maximum atomic E-state index is 12.7. The second-order valence-electron chi connectivity index (χ2n) is 8.38. The fourth-order valence-electron chi connectivity index (χ4n) is 4.87. The molecule has 134 valence electrons. The number of nitrogens with one attached hydrogen (secondary N) is 3. The third-order valence-electron chi connectivity index (χ3n) is 6.39. The molecule has 1 aromatic rings. The first-order chi connectivity index (χ1) is 11.9. The van der Waals surface area contributed by atoms with E-state index in [9.17, 15) is 9.59 Å². The Kier molecular flexibility index (Phi) is 3.87. The Morgan fingerprint density at radius 1 is 1.08 bits per heavy atom. The van der Waals surface area contributed by atoms with Gasteiger partial charge in [-0.3, -0.25) is 9.59 Å². The highest BCUT2D eigenvalue weighted by Gasteiger charge is 2.49. The smallest absolute Gasteiger partial charge is 0.235 e. The van der Waals surface area contributed by atoms with Gasteiger partial charge in [0.25, 0.3) is 0 Å². The zero-order valence-corrected chi connectivity index (χ0v) is 15.0. The van der Waals surface area contributed by atoms with Crippen LogP contribution < -0.4 is 16.0 Å². The molecular formula is C20H27N3O2. The van der Waals surface area contributed by atoms with Gasteiger partial charge in [0.1, 0.15) is 0 Å². The van der Waals surface area contributed by atoms with Gasteiger partial charge in [0.2, 0.25) is 11.8 Å². The minimum atomic E-state index is -0.342. The number of para-hydroxylation sites is 1. The largest absolute Gasteiger partial charge is 0.350 e. The van der Waals surface area contributed by atoms with E-state index in [-0.39, 0.29) is 28.8 Å². The lowest BCUT2D eigenvalue weighted by Gasteiger charge is -2.44. The van der Waals surface area contributed by atoms with Crippen molar-refractivity contribution in [2.45, 2.75) is 75.4 Å². The molecule has 2 fully saturated rings. The van der Waals surface area contributed by atoms with Crippen LogP contribution in [0.3, 0.4) is 0 Å². The van der Waals surface area contributed by atoms with E-state index in [1.807, 2.05) is 18.2 Å². The number of amides is 2. The lowest BCUT2D eigenvalue weighted by molar-refractivity contribution is -0.126. The highest BCUT2D eigenvalue weighted by molar-refractivity contribution is 6.06. The predicted molar refractivity (Wildman–Crippen MR) is 97.4 cm³/mol. The van der Waals surface area contributed by atoms with Crippen LogP contribution in [0.25, 0.3) is 0 Å². The van der Waals surface area contributed by atoms with Crippen LogP contribution in [0.1, 0.15) is 57.9 Å². The molecule has 2 heterocycles. The van der Waals surface area contributed by atoms with E-state index in [0.29, 0.717) is 12.5 Å².